The minimum absolute atomic E-state index is 0.157. The predicted octanol–water partition coefficient (Wildman–Crippen LogP) is 2.70. The molecule has 0 aliphatic heterocycles. The summed E-state index contributed by atoms with van der Waals surface area (Å²) in [4.78, 5) is 27.1. The normalized spacial score (nSPS) is 17.3. The van der Waals surface area contributed by atoms with Gasteiger partial charge in [0.05, 0.1) is 12.5 Å². The number of ether oxygens (including phenoxy) is 1. The van der Waals surface area contributed by atoms with Crippen molar-refractivity contribution in [1.82, 2.24) is 4.98 Å². The van der Waals surface area contributed by atoms with E-state index in [1.54, 1.807) is 13.0 Å². The fraction of sp³-hybridized carbons (Fsp3) is 0.375. The predicted molar refractivity (Wildman–Crippen MR) is 86.7 cm³/mol. The van der Waals surface area contributed by atoms with Crippen LogP contribution in [0.25, 0.3) is 10.9 Å². The SMILES string of the molecule is CCOC(=O)C1CCc2[nH]c3cc(Br)cc(C(N)=O)c3c2C1. The third-order valence-electron chi connectivity index (χ3n) is 4.13. The Labute approximate surface area is 136 Å². The molecule has 6 heteroatoms. The lowest BCUT2D eigenvalue weighted by molar-refractivity contribution is -0.148. The van der Waals surface area contributed by atoms with Crippen LogP contribution in [0.5, 0.6) is 0 Å². The number of benzene rings is 1. The van der Waals surface area contributed by atoms with Gasteiger partial charge in [0.1, 0.15) is 0 Å². The number of nitrogens with two attached hydrogens (primary N) is 1. The number of amides is 1. The molecule has 0 fully saturated rings. The Hall–Kier alpha value is -1.82. The molecule has 0 bridgehead atoms. The fourth-order valence-electron chi connectivity index (χ4n) is 3.18. The average Bonchev–Trinajstić information content (AvgIpc) is 2.83. The van der Waals surface area contributed by atoms with E-state index < -0.39 is 5.91 Å². The van der Waals surface area contributed by atoms with Gasteiger partial charge in [0.25, 0.3) is 0 Å². The van der Waals surface area contributed by atoms with Gasteiger partial charge in [-0.05, 0) is 43.9 Å². The summed E-state index contributed by atoms with van der Waals surface area (Å²) < 4.78 is 5.93. The number of fused-ring (bicyclic) bond motifs is 3. The van der Waals surface area contributed by atoms with Gasteiger partial charge in [0.2, 0.25) is 5.91 Å². The van der Waals surface area contributed by atoms with Crippen LogP contribution in [0.15, 0.2) is 16.6 Å². The van der Waals surface area contributed by atoms with Crippen LogP contribution in [-0.4, -0.2) is 23.5 Å². The maximum atomic E-state index is 12.0. The van der Waals surface area contributed by atoms with E-state index >= 15 is 0 Å². The quantitative estimate of drug-likeness (QED) is 0.821. The van der Waals surface area contributed by atoms with Crippen molar-refractivity contribution in [3.8, 4) is 0 Å². The second-order valence-electron chi connectivity index (χ2n) is 5.51. The first-order valence-electron chi connectivity index (χ1n) is 7.30. The van der Waals surface area contributed by atoms with E-state index in [4.69, 9.17) is 10.5 Å². The Morgan fingerprint density at radius 3 is 2.91 bits per heavy atom. The monoisotopic (exact) mass is 364 g/mol. The Kier molecular flexibility index (Phi) is 3.95. The molecule has 1 unspecified atom stereocenters. The highest BCUT2D eigenvalue weighted by Crippen LogP contribution is 2.35. The average molecular weight is 365 g/mol. The van der Waals surface area contributed by atoms with E-state index in [9.17, 15) is 9.59 Å². The molecule has 0 saturated carbocycles. The highest BCUT2D eigenvalue weighted by molar-refractivity contribution is 9.10. The summed E-state index contributed by atoms with van der Waals surface area (Å²) in [7, 11) is 0. The van der Waals surface area contributed by atoms with Crippen LogP contribution < -0.4 is 5.73 Å². The van der Waals surface area contributed by atoms with E-state index in [-0.39, 0.29) is 11.9 Å². The Balaban J connectivity index is 2.09. The molecule has 1 heterocycles. The van der Waals surface area contributed by atoms with Gasteiger partial charge in [0, 0.05) is 26.6 Å². The maximum absolute atomic E-state index is 12.0. The third kappa shape index (κ3) is 2.52. The molecule has 5 nitrogen and oxygen atoms in total. The molecule has 1 amide bonds. The van der Waals surface area contributed by atoms with Crippen LogP contribution in [0.4, 0.5) is 0 Å². The van der Waals surface area contributed by atoms with Crippen LogP contribution in [0.3, 0.4) is 0 Å². The lowest BCUT2D eigenvalue weighted by Gasteiger charge is -2.21. The number of aromatic amines is 1. The summed E-state index contributed by atoms with van der Waals surface area (Å²) >= 11 is 3.40. The van der Waals surface area contributed by atoms with Gasteiger partial charge in [-0.1, -0.05) is 15.9 Å². The minimum Gasteiger partial charge on any atom is -0.466 e. The molecule has 2 aromatic rings. The van der Waals surface area contributed by atoms with Crippen LogP contribution in [-0.2, 0) is 22.4 Å². The van der Waals surface area contributed by atoms with Gasteiger partial charge >= 0.3 is 5.97 Å². The molecule has 116 valence electrons. The molecule has 1 aromatic heterocycles. The number of primary amides is 1. The van der Waals surface area contributed by atoms with E-state index in [1.165, 1.54) is 0 Å². The first-order chi connectivity index (χ1) is 10.5. The lowest BCUT2D eigenvalue weighted by atomic mass is 9.85. The van der Waals surface area contributed by atoms with E-state index in [0.29, 0.717) is 18.6 Å². The van der Waals surface area contributed by atoms with Crippen molar-refractivity contribution < 1.29 is 14.3 Å². The number of esters is 1. The molecule has 0 spiro atoms. The number of aryl methyl sites for hydroxylation is 1. The third-order valence-corrected chi connectivity index (χ3v) is 4.59. The number of aromatic nitrogens is 1. The number of hydrogen-bond donors (Lipinski definition) is 2. The van der Waals surface area contributed by atoms with Gasteiger partial charge in [-0.15, -0.1) is 0 Å². The number of H-pyrrole nitrogens is 1. The summed E-state index contributed by atoms with van der Waals surface area (Å²) in [5, 5.41) is 0.833. The van der Waals surface area contributed by atoms with E-state index in [2.05, 4.69) is 20.9 Å². The molecule has 22 heavy (non-hydrogen) atoms. The summed E-state index contributed by atoms with van der Waals surface area (Å²) in [5.74, 6) is -0.789. The summed E-state index contributed by atoms with van der Waals surface area (Å²) in [6.45, 7) is 2.19. The van der Waals surface area contributed by atoms with Crippen molar-refractivity contribution in [2.75, 3.05) is 6.61 Å². The van der Waals surface area contributed by atoms with E-state index in [0.717, 1.165) is 39.5 Å². The molecule has 3 rings (SSSR count). The van der Waals surface area contributed by atoms with Gasteiger partial charge < -0.3 is 15.5 Å². The molecule has 3 N–H and O–H groups in total. The van der Waals surface area contributed by atoms with Crippen LogP contribution in [0, 0.1) is 5.92 Å². The van der Waals surface area contributed by atoms with Crippen molar-refractivity contribution in [3.05, 3.63) is 33.4 Å². The Bertz CT molecular complexity index is 766. The lowest BCUT2D eigenvalue weighted by Crippen LogP contribution is -2.24. The standard InChI is InChI=1S/C16H17BrN2O3/c1-2-22-16(21)8-3-4-12-10(5-8)14-11(15(18)20)6-9(17)7-13(14)19-12/h6-8,19H,2-5H2,1H3,(H2,18,20). The van der Waals surface area contributed by atoms with Crippen LogP contribution in [0.2, 0.25) is 0 Å². The number of nitrogens with one attached hydrogen (secondary N) is 1. The number of carbonyl (C=O) groups is 2. The second kappa shape index (κ2) is 5.76. The zero-order chi connectivity index (χ0) is 15.9. The largest absolute Gasteiger partial charge is 0.466 e. The zero-order valence-electron chi connectivity index (χ0n) is 12.2. The Morgan fingerprint density at radius 2 is 2.23 bits per heavy atom. The van der Waals surface area contributed by atoms with Crippen molar-refractivity contribution in [2.24, 2.45) is 11.7 Å². The summed E-state index contributed by atoms with van der Waals surface area (Å²) in [6, 6.07) is 3.66. The number of halogens is 1. The minimum atomic E-state index is -0.466. The van der Waals surface area contributed by atoms with Crippen LogP contribution >= 0.6 is 15.9 Å². The first kappa shape index (κ1) is 15.1. The molecule has 0 saturated heterocycles. The van der Waals surface area contributed by atoms with E-state index in [1.807, 2.05) is 6.07 Å². The molecule has 1 aliphatic rings. The molecule has 1 atom stereocenters. The molecule has 0 radical (unpaired) electrons. The van der Waals surface area contributed by atoms with Gasteiger partial charge in [-0.3, -0.25) is 9.59 Å². The fourth-order valence-corrected chi connectivity index (χ4v) is 3.64. The zero-order valence-corrected chi connectivity index (χ0v) is 13.8. The smallest absolute Gasteiger partial charge is 0.309 e. The molecular weight excluding hydrogens is 348 g/mol. The maximum Gasteiger partial charge on any atom is 0.309 e. The second-order valence-corrected chi connectivity index (χ2v) is 6.43. The number of rotatable bonds is 3. The van der Waals surface area contributed by atoms with Crippen LogP contribution in [0.1, 0.15) is 35.0 Å². The highest BCUT2D eigenvalue weighted by Gasteiger charge is 2.29. The van der Waals surface area contributed by atoms with Crippen molar-refractivity contribution in [1.29, 1.82) is 0 Å². The van der Waals surface area contributed by atoms with Crippen molar-refractivity contribution in [2.45, 2.75) is 26.2 Å². The van der Waals surface area contributed by atoms with Gasteiger partial charge in [-0.25, -0.2) is 0 Å². The van der Waals surface area contributed by atoms with Crippen molar-refractivity contribution >= 4 is 38.7 Å². The molecule has 1 aromatic carbocycles. The molecule has 1 aliphatic carbocycles. The first-order valence-corrected chi connectivity index (χ1v) is 8.10. The molecular formula is C16H17BrN2O3. The summed E-state index contributed by atoms with van der Waals surface area (Å²) in [5.41, 5.74) is 8.96. The highest BCUT2D eigenvalue weighted by atomic mass is 79.9. The summed E-state index contributed by atoms with van der Waals surface area (Å²) in [6.07, 6.45) is 2.10. The van der Waals surface area contributed by atoms with Gasteiger partial charge in [0.15, 0.2) is 0 Å². The number of hydrogen-bond acceptors (Lipinski definition) is 3. The Morgan fingerprint density at radius 1 is 1.45 bits per heavy atom. The number of carbonyl (C=O) groups excluding carboxylic acids is 2. The topological polar surface area (TPSA) is 85.2 Å². The van der Waals surface area contributed by atoms with Gasteiger partial charge in [-0.2, -0.15) is 0 Å². The van der Waals surface area contributed by atoms with Crippen molar-refractivity contribution in [3.63, 3.8) is 0 Å².